The molecule has 1 unspecified atom stereocenters. The van der Waals surface area contributed by atoms with E-state index in [1.54, 1.807) is 11.3 Å². The maximum absolute atomic E-state index is 12.5. The quantitative estimate of drug-likeness (QED) is 0.279. The van der Waals surface area contributed by atoms with E-state index in [9.17, 15) is 4.79 Å². The van der Waals surface area contributed by atoms with E-state index in [-0.39, 0.29) is 11.5 Å². The number of amides is 1. The number of nitrogens with zero attached hydrogens (tertiary/aromatic N) is 2. The van der Waals surface area contributed by atoms with Gasteiger partial charge in [0.25, 0.3) is 0 Å². The number of hydrogen-bond donors (Lipinski definition) is 1. The highest BCUT2D eigenvalue weighted by molar-refractivity contribution is 8.00. The highest BCUT2D eigenvalue weighted by Gasteiger charge is 2.33. The molecule has 8 heteroatoms. The van der Waals surface area contributed by atoms with Gasteiger partial charge >= 0.3 is 0 Å². The molecule has 5 nitrogen and oxygen atoms in total. The largest absolute Gasteiger partial charge is 0.369 e. The van der Waals surface area contributed by atoms with Gasteiger partial charge in [-0.2, -0.15) is 0 Å². The average Bonchev–Trinajstić information content (AvgIpc) is 3.15. The van der Waals surface area contributed by atoms with Crippen LogP contribution in [0.2, 0.25) is 0 Å². The van der Waals surface area contributed by atoms with Crippen molar-refractivity contribution >= 4 is 51.0 Å². The van der Waals surface area contributed by atoms with Gasteiger partial charge in [0.15, 0.2) is 5.16 Å². The van der Waals surface area contributed by atoms with E-state index in [4.69, 9.17) is 14.7 Å². The van der Waals surface area contributed by atoms with Gasteiger partial charge in [0.1, 0.15) is 9.86 Å². The molecular weight excluding hydrogens is 446 g/mol. The molecule has 31 heavy (non-hydrogen) atoms. The number of hydrogen-bond acceptors (Lipinski definition) is 7. The van der Waals surface area contributed by atoms with Crippen molar-refractivity contribution in [1.29, 1.82) is 0 Å². The van der Waals surface area contributed by atoms with E-state index in [0.717, 1.165) is 39.7 Å². The van der Waals surface area contributed by atoms with Gasteiger partial charge in [-0.3, -0.25) is 4.79 Å². The Kier molecular flexibility index (Phi) is 7.21. The van der Waals surface area contributed by atoms with Gasteiger partial charge in [0.05, 0.1) is 18.0 Å². The van der Waals surface area contributed by atoms with E-state index in [1.165, 1.54) is 39.5 Å². The number of carbonyl (C=O) groups excluding carboxylic acids is 1. The third-order valence-electron chi connectivity index (χ3n) is 5.63. The van der Waals surface area contributed by atoms with Gasteiger partial charge in [0.2, 0.25) is 5.91 Å². The Balaban J connectivity index is 1.49. The molecule has 0 spiro atoms. The van der Waals surface area contributed by atoms with Crippen LogP contribution in [0.5, 0.6) is 0 Å². The van der Waals surface area contributed by atoms with Gasteiger partial charge in [-0.05, 0) is 37.1 Å². The van der Waals surface area contributed by atoms with Crippen LogP contribution in [-0.4, -0.2) is 40.0 Å². The number of ether oxygens (including phenoxy) is 1. The van der Waals surface area contributed by atoms with Crippen LogP contribution in [0.3, 0.4) is 0 Å². The Bertz CT molecular complexity index is 1070. The summed E-state index contributed by atoms with van der Waals surface area (Å²) >= 11 is 4.74. The summed E-state index contributed by atoms with van der Waals surface area (Å²) in [5.41, 5.74) is 2.37. The van der Waals surface area contributed by atoms with Crippen molar-refractivity contribution in [3.05, 3.63) is 46.3 Å². The molecule has 1 N–H and O–H groups in total. The lowest BCUT2D eigenvalue weighted by molar-refractivity contribution is -0.118. The third-order valence-corrected chi connectivity index (χ3v) is 8.25. The first-order valence-electron chi connectivity index (χ1n) is 10.4. The molecule has 3 heterocycles. The topological polar surface area (TPSA) is 64.1 Å². The van der Waals surface area contributed by atoms with Gasteiger partial charge < -0.3 is 10.1 Å². The summed E-state index contributed by atoms with van der Waals surface area (Å²) in [5.74, 6) is 0.380. The standard InChI is InChI=1S/C23H27N3O2S3/c1-4-23(2)12-16-17(13-28-23)31-21-19(16)20(25-22(26-21)29-3)30-14-18(27)24-11-10-15-8-6-5-7-9-15/h5-9H,4,10-14H2,1-3H3,(H,24,27). The Hall–Kier alpha value is -1.61. The highest BCUT2D eigenvalue weighted by atomic mass is 32.2. The number of thiophene rings is 1. The summed E-state index contributed by atoms with van der Waals surface area (Å²) in [6.07, 6.45) is 4.63. The lowest BCUT2D eigenvalue weighted by Gasteiger charge is -2.33. The fourth-order valence-electron chi connectivity index (χ4n) is 3.62. The van der Waals surface area contributed by atoms with Crippen LogP contribution in [0.25, 0.3) is 10.2 Å². The molecular formula is C23H27N3O2S3. The molecule has 0 saturated carbocycles. The van der Waals surface area contributed by atoms with Crippen molar-refractivity contribution in [3.63, 3.8) is 0 Å². The fourth-order valence-corrected chi connectivity index (χ4v) is 6.15. The molecule has 0 fully saturated rings. The molecule has 4 rings (SSSR count). The maximum Gasteiger partial charge on any atom is 0.230 e. The first-order valence-corrected chi connectivity index (χ1v) is 13.5. The smallest absolute Gasteiger partial charge is 0.230 e. The summed E-state index contributed by atoms with van der Waals surface area (Å²) < 4.78 is 6.13. The normalized spacial score (nSPS) is 18.2. The zero-order valence-corrected chi connectivity index (χ0v) is 20.5. The Morgan fingerprint density at radius 2 is 2.10 bits per heavy atom. The first kappa shape index (κ1) is 22.6. The molecule has 1 atom stereocenters. The Labute approximate surface area is 195 Å². The number of aromatic nitrogens is 2. The lowest BCUT2D eigenvalue weighted by Crippen LogP contribution is -2.33. The zero-order chi connectivity index (χ0) is 21.8. The van der Waals surface area contributed by atoms with Gasteiger partial charge in [0, 0.05) is 23.2 Å². The van der Waals surface area contributed by atoms with Crippen molar-refractivity contribution in [2.75, 3.05) is 18.6 Å². The molecule has 1 aliphatic rings. The monoisotopic (exact) mass is 473 g/mol. The minimum absolute atomic E-state index is 0.0317. The zero-order valence-electron chi connectivity index (χ0n) is 18.1. The molecule has 1 aliphatic heterocycles. The van der Waals surface area contributed by atoms with Crippen molar-refractivity contribution < 1.29 is 9.53 Å². The number of thioether (sulfide) groups is 2. The SMILES string of the molecule is CCC1(C)Cc2c(sc3nc(SC)nc(SCC(=O)NCCc4ccccc4)c23)CO1. The summed E-state index contributed by atoms with van der Waals surface area (Å²) in [5, 5.41) is 5.80. The van der Waals surface area contributed by atoms with Crippen LogP contribution in [-0.2, 0) is 29.0 Å². The van der Waals surface area contributed by atoms with Crippen LogP contribution < -0.4 is 5.32 Å². The van der Waals surface area contributed by atoms with E-state index in [2.05, 4.69) is 31.3 Å². The summed E-state index contributed by atoms with van der Waals surface area (Å²) in [7, 11) is 0. The predicted octanol–water partition coefficient (Wildman–Crippen LogP) is 5.11. The second-order valence-electron chi connectivity index (χ2n) is 7.84. The Morgan fingerprint density at radius 3 is 2.84 bits per heavy atom. The van der Waals surface area contributed by atoms with Gasteiger partial charge in [-0.1, -0.05) is 60.8 Å². The molecule has 2 aromatic heterocycles. The average molecular weight is 474 g/mol. The second-order valence-corrected chi connectivity index (χ2v) is 10.7. The van der Waals surface area contributed by atoms with Crippen molar-refractivity contribution in [1.82, 2.24) is 15.3 Å². The molecule has 164 valence electrons. The number of benzene rings is 1. The molecule has 0 saturated heterocycles. The van der Waals surface area contributed by atoms with Crippen LogP contribution in [0.1, 0.15) is 36.3 Å². The second kappa shape index (κ2) is 9.90. The molecule has 1 amide bonds. The van der Waals surface area contributed by atoms with Gasteiger partial charge in [-0.15, -0.1) is 11.3 Å². The minimum Gasteiger partial charge on any atom is -0.369 e. The molecule has 3 aromatic rings. The molecule has 1 aromatic carbocycles. The van der Waals surface area contributed by atoms with E-state index in [0.29, 0.717) is 18.9 Å². The minimum atomic E-state index is -0.157. The molecule has 0 radical (unpaired) electrons. The number of carbonyl (C=O) groups is 1. The summed E-state index contributed by atoms with van der Waals surface area (Å²) in [6.45, 7) is 5.60. The van der Waals surface area contributed by atoms with Crippen LogP contribution in [0.15, 0.2) is 40.5 Å². The van der Waals surface area contributed by atoms with Crippen molar-refractivity contribution in [2.45, 2.75) is 55.5 Å². The van der Waals surface area contributed by atoms with Crippen molar-refractivity contribution in [2.24, 2.45) is 0 Å². The van der Waals surface area contributed by atoms with E-state index in [1.807, 2.05) is 24.5 Å². The lowest BCUT2D eigenvalue weighted by atomic mass is 9.90. The maximum atomic E-state index is 12.5. The number of nitrogens with one attached hydrogen (secondary N) is 1. The predicted molar refractivity (Wildman–Crippen MR) is 130 cm³/mol. The van der Waals surface area contributed by atoms with Crippen LogP contribution in [0, 0.1) is 0 Å². The van der Waals surface area contributed by atoms with E-state index >= 15 is 0 Å². The summed E-state index contributed by atoms with van der Waals surface area (Å²) in [4.78, 5) is 24.2. The molecule has 0 bridgehead atoms. The highest BCUT2D eigenvalue weighted by Crippen LogP contribution is 2.43. The van der Waals surface area contributed by atoms with Crippen molar-refractivity contribution in [3.8, 4) is 0 Å². The van der Waals surface area contributed by atoms with Crippen LogP contribution in [0.4, 0.5) is 0 Å². The number of fused-ring (bicyclic) bond motifs is 3. The number of rotatable bonds is 8. The fraction of sp³-hybridized carbons (Fsp3) is 0.435. The third kappa shape index (κ3) is 5.25. The van der Waals surface area contributed by atoms with Crippen LogP contribution >= 0.6 is 34.9 Å². The molecule has 0 aliphatic carbocycles. The van der Waals surface area contributed by atoms with Gasteiger partial charge in [-0.25, -0.2) is 9.97 Å². The first-order chi connectivity index (χ1) is 15.0. The summed E-state index contributed by atoms with van der Waals surface area (Å²) in [6, 6.07) is 10.2. The van der Waals surface area contributed by atoms with E-state index < -0.39 is 0 Å². The Morgan fingerprint density at radius 1 is 1.29 bits per heavy atom.